The molecule has 1 aromatic heterocycles. The summed E-state index contributed by atoms with van der Waals surface area (Å²) < 4.78 is 0. The molecule has 0 atom stereocenters. The summed E-state index contributed by atoms with van der Waals surface area (Å²) in [5.74, 6) is 0.144. The molecule has 0 aromatic carbocycles. The van der Waals surface area contributed by atoms with Gasteiger partial charge in [0.05, 0.1) is 15.5 Å². The van der Waals surface area contributed by atoms with Gasteiger partial charge in [-0.1, -0.05) is 13.8 Å². The van der Waals surface area contributed by atoms with Gasteiger partial charge in [-0.2, -0.15) is 0 Å². The summed E-state index contributed by atoms with van der Waals surface area (Å²) in [5.41, 5.74) is 6.86. The largest absolute Gasteiger partial charge is 0.396 e. The molecule has 1 saturated heterocycles. The SMILES string of the molecule is CSc1c(N2CCNCC2)sc(C(=O)C(C)C)c1N. The molecule has 2 rings (SSSR count). The van der Waals surface area contributed by atoms with Crippen LogP contribution in [0.5, 0.6) is 0 Å². The number of nitrogens with one attached hydrogen (secondary N) is 1. The van der Waals surface area contributed by atoms with Gasteiger partial charge in [-0.3, -0.25) is 4.79 Å². The predicted molar refractivity (Wildman–Crippen MR) is 84.8 cm³/mol. The van der Waals surface area contributed by atoms with Crippen LogP contribution in [0.3, 0.4) is 0 Å². The zero-order chi connectivity index (χ0) is 14.0. The van der Waals surface area contributed by atoms with Crippen molar-refractivity contribution in [3.8, 4) is 0 Å². The number of carbonyl (C=O) groups excluding carboxylic acids is 1. The molecule has 3 N–H and O–H groups in total. The molecule has 19 heavy (non-hydrogen) atoms. The number of hydrogen-bond acceptors (Lipinski definition) is 6. The predicted octanol–water partition coefficient (Wildman–Crippen LogP) is 2.30. The Morgan fingerprint density at radius 2 is 2.05 bits per heavy atom. The van der Waals surface area contributed by atoms with Crippen LogP contribution in [-0.2, 0) is 0 Å². The van der Waals surface area contributed by atoms with Crippen LogP contribution in [-0.4, -0.2) is 38.2 Å². The van der Waals surface area contributed by atoms with Crippen molar-refractivity contribution in [3.05, 3.63) is 4.88 Å². The zero-order valence-corrected chi connectivity index (χ0v) is 13.3. The lowest BCUT2D eigenvalue weighted by Crippen LogP contribution is -2.43. The molecule has 1 aliphatic rings. The summed E-state index contributed by atoms with van der Waals surface area (Å²) in [4.78, 5) is 16.3. The molecule has 0 spiro atoms. The Morgan fingerprint density at radius 1 is 1.42 bits per heavy atom. The fraction of sp³-hybridized carbons (Fsp3) is 0.615. The molecule has 6 heteroatoms. The smallest absolute Gasteiger partial charge is 0.177 e. The van der Waals surface area contributed by atoms with Crippen LogP contribution in [0.15, 0.2) is 4.90 Å². The van der Waals surface area contributed by atoms with Crippen molar-refractivity contribution >= 4 is 39.6 Å². The summed E-state index contributed by atoms with van der Waals surface area (Å²) in [6.07, 6.45) is 2.02. The van der Waals surface area contributed by atoms with Gasteiger partial charge in [-0.05, 0) is 6.26 Å². The molecular weight excluding hydrogens is 278 g/mol. The maximum atomic E-state index is 12.2. The monoisotopic (exact) mass is 299 g/mol. The Bertz CT molecular complexity index is 465. The number of nitrogen functional groups attached to an aromatic ring is 1. The van der Waals surface area contributed by atoms with Crippen LogP contribution in [0, 0.1) is 5.92 Å². The second-order valence-electron chi connectivity index (χ2n) is 4.94. The van der Waals surface area contributed by atoms with E-state index in [0.717, 1.165) is 41.0 Å². The fourth-order valence-corrected chi connectivity index (χ4v) is 4.46. The molecule has 106 valence electrons. The minimum atomic E-state index is -0.00784. The topological polar surface area (TPSA) is 58.4 Å². The number of rotatable bonds is 4. The Kier molecular flexibility index (Phi) is 4.76. The third kappa shape index (κ3) is 2.90. The Morgan fingerprint density at radius 3 is 2.58 bits per heavy atom. The van der Waals surface area contributed by atoms with Crippen molar-refractivity contribution in [3.63, 3.8) is 0 Å². The first kappa shape index (κ1) is 14.7. The van der Waals surface area contributed by atoms with Gasteiger partial charge in [0.15, 0.2) is 5.78 Å². The van der Waals surface area contributed by atoms with E-state index in [4.69, 9.17) is 5.73 Å². The zero-order valence-electron chi connectivity index (χ0n) is 11.7. The first-order valence-electron chi connectivity index (χ1n) is 6.52. The minimum Gasteiger partial charge on any atom is -0.396 e. The number of thiophene rings is 1. The molecule has 0 unspecified atom stereocenters. The van der Waals surface area contributed by atoms with E-state index in [1.54, 1.807) is 23.1 Å². The summed E-state index contributed by atoms with van der Waals surface area (Å²) in [7, 11) is 0. The van der Waals surface area contributed by atoms with Crippen LogP contribution >= 0.6 is 23.1 Å². The highest BCUT2D eigenvalue weighted by Crippen LogP contribution is 2.44. The van der Waals surface area contributed by atoms with Crippen LogP contribution in [0.4, 0.5) is 10.7 Å². The van der Waals surface area contributed by atoms with Gasteiger partial charge in [0.1, 0.15) is 5.00 Å². The molecule has 1 aliphatic heterocycles. The summed E-state index contributed by atoms with van der Waals surface area (Å²) >= 11 is 3.19. The van der Waals surface area contributed by atoms with Gasteiger partial charge in [0.25, 0.3) is 0 Å². The summed E-state index contributed by atoms with van der Waals surface area (Å²) in [6, 6.07) is 0. The van der Waals surface area contributed by atoms with E-state index >= 15 is 0 Å². The molecule has 0 bridgehead atoms. The fourth-order valence-electron chi connectivity index (χ4n) is 2.13. The number of Topliss-reactive ketones (excluding diaryl/α,β-unsaturated/α-hetero) is 1. The van der Waals surface area contributed by atoms with Gasteiger partial charge in [-0.15, -0.1) is 23.1 Å². The van der Waals surface area contributed by atoms with E-state index in [1.165, 1.54) is 0 Å². The van der Waals surface area contributed by atoms with Crippen LogP contribution in [0.25, 0.3) is 0 Å². The van der Waals surface area contributed by atoms with Gasteiger partial charge >= 0.3 is 0 Å². The Labute approximate surface area is 122 Å². The number of piperazine rings is 1. The quantitative estimate of drug-likeness (QED) is 0.660. The second kappa shape index (κ2) is 6.15. The van der Waals surface area contributed by atoms with Gasteiger partial charge in [-0.25, -0.2) is 0 Å². The molecular formula is C13H21N3OS2. The molecule has 0 radical (unpaired) electrons. The van der Waals surface area contributed by atoms with E-state index in [0.29, 0.717) is 5.69 Å². The minimum absolute atomic E-state index is 0.00784. The van der Waals surface area contributed by atoms with E-state index in [-0.39, 0.29) is 11.7 Å². The number of carbonyl (C=O) groups is 1. The lowest BCUT2D eigenvalue weighted by molar-refractivity contribution is 0.0944. The number of hydrogen-bond donors (Lipinski definition) is 2. The third-order valence-corrected chi connectivity index (χ3v) is 5.47. The third-order valence-electron chi connectivity index (χ3n) is 3.24. The maximum Gasteiger partial charge on any atom is 0.177 e. The van der Waals surface area contributed by atoms with Gasteiger partial charge in [0, 0.05) is 32.1 Å². The standard InChI is InChI=1S/C13H21N3OS2/c1-8(2)10(17)11-9(14)12(18-3)13(19-11)16-6-4-15-5-7-16/h8,15H,4-7,14H2,1-3H3. The molecule has 0 saturated carbocycles. The Balaban J connectivity index is 2.37. The van der Waals surface area contributed by atoms with Crippen molar-refractivity contribution in [2.75, 3.05) is 43.1 Å². The lowest BCUT2D eigenvalue weighted by Gasteiger charge is -2.28. The second-order valence-corrected chi connectivity index (χ2v) is 6.75. The normalized spacial score (nSPS) is 16.1. The van der Waals surface area contributed by atoms with Crippen molar-refractivity contribution in [2.24, 2.45) is 5.92 Å². The maximum absolute atomic E-state index is 12.2. The van der Waals surface area contributed by atoms with E-state index in [9.17, 15) is 4.79 Å². The van der Waals surface area contributed by atoms with Crippen LogP contribution in [0.2, 0.25) is 0 Å². The number of nitrogens with zero attached hydrogens (tertiary/aromatic N) is 1. The lowest BCUT2D eigenvalue weighted by atomic mass is 10.1. The highest BCUT2D eigenvalue weighted by atomic mass is 32.2. The van der Waals surface area contributed by atoms with E-state index in [1.807, 2.05) is 20.1 Å². The molecule has 0 amide bonds. The summed E-state index contributed by atoms with van der Waals surface area (Å²) in [5, 5.41) is 4.50. The average molecular weight is 299 g/mol. The summed E-state index contributed by atoms with van der Waals surface area (Å²) in [6.45, 7) is 7.76. The average Bonchev–Trinajstić information content (AvgIpc) is 2.75. The number of thioether (sulfide) groups is 1. The number of anilines is 2. The molecule has 1 fully saturated rings. The van der Waals surface area contributed by atoms with E-state index in [2.05, 4.69) is 10.2 Å². The number of nitrogens with two attached hydrogens (primary N) is 1. The first-order valence-corrected chi connectivity index (χ1v) is 8.56. The molecule has 4 nitrogen and oxygen atoms in total. The molecule has 0 aliphatic carbocycles. The van der Waals surface area contributed by atoms with Crippen molar-refractivity contribution in [1.29, 1.82) is 0 Å². The van der Waals surface area contributed by atoms with Gasteiger partial charge < -0.3 is 16.0 Å². The molecule has 1 aromatic rings. The van der Waals surface area contributed by atoms with Crippen LogP contribution in [0.1, 0.15) is 23.5 Å². The van der Waals surface area contributed by atoms with Crippen molar-refractivity contribution in [1.82, 2.24) is 5.32 Å². The van der Waals surface area contributed by atoms with Crippen molar-refractivity contribution in [2.45, 2.75) is 18.7 Å². The molecule has 2 heterocycles. The Hall–Kier alpha value is -0.720. The number of ketones is 1. The van der Waals surface area contributed by atoms with E-state index < -0.39 is 0 Å². The van der Waals surface area contributed by atoms with Crippen molar-refractivity contribution < 1.29 is 4.79 Å². The van der Waals surface area contributed by atoms with Gasteiger partial charge in [0.2, 0.25) is 0 Å². The highest BCUT2D eigenvalue weighted by molar-refractivity contribution is 7.99. The highest BCUT2D eigenvalue weighted by Gasteiger charge is 2.25. The first-order chi connectivity index (χ1) is 9.06. The van der Waals surface area contributed by atoms with Crippen LogP contribution < -0.4 is 16.0 Å².